The molecule has 0 spiro atoms. The second-order valence-electron chi connectivity index (χ2n) is 4.38. The van der Waals surface area contributed by atoms with E-state index in [9.17, 15) is 0 Å². The topological polar surface area (TPSA) is 43.8 Å². The van der Waals surface area contributed by atoms with E-state index >= 15 is 0 Å². The molecule has 2 unspecified atom stereocenters. The van der Waals surface area contributed by atoms with Gasteiger partial charge in [0.15, 0.2) is 0 Å². The second-order valence-corrected chi connectivity index (χ2v) is 4.38. The van der Waals surface area contributed by atoms with Crippen LogP contribution in [0.4, 0.5) is 0 Å². The van der Waals surface area contributed by atoms with Crippen LogP contribution in [0, 0.1) is 11.8 Å². The van der Waals surface area contributed by atoms with Crippen molar-refractivity contribution in [1.29, 1.82) is 0 Å². The van der Waals surface area contributed by atoms with Gasteiger partial charge >= 0.3 is 0 Å². The summed E-state index contributed by atoms with van der Waals surface area (Å²) in [5.74, 6) is 2.05. The van der Waals surface area contributed by atoms with E-state index in [1.54, 1.807) is 0 Å². The molecule has 3 heteroatoms. The monoisotopic (exact) mass is 177 g/mol. The Morgan fingerprint density at radius 2 is 2.15 bits per heavy atom. The van der Waals surface area contributed by atoms with Gasteiger partial charge in [0.25, 0.3) is 0 Å². The lowest BCUT2D eigenvalue weighted by atomic mass is 10.1. The molecule has 1 aromatic rings. The predicted molar refractivity (Wildman–Crippen MR) is 50.0 cm³/mol. The summed E-state index contributed by atoms with van der Waals surface area (Å²) in [4.78, 5) is 4.16. The molecule has 2 fully saturated rings. The van der Waals surface area contributed by atoms with Crippen LogP contribution in [0.25, 0.3) is 0 Å². The van der Waals surface area contributed by atoms with E-state index in [0.717, 1.165) is 11.8 Å². The maximum atomic E-state index is 5.65. The summed E-state index contributed by atoms with van der Waals surface area (Å²) in [6, 6.07) is 0.699. The minimum Gasteiger partial charge on any atom is -0.330 e. The average molecular weight is 177 g/mol. The lowest BCUT2D eigenvalue weighted by Gasteiger charge is -2.16. The van der Waals surface area contributed by atoms with Gasteiger partial charge in [0.2, 0.25) is 0 Å². The first kappa shape index (κ1) is 7.56. The fourth-order valence-electron chi connectivity index (χ4n) is 2.73. The van der Waals surface area contributed by atoms with Gasteiger partial charge in [-0.05, 0) is 31.1 Å². The van der Waals surface area contributed by atoms with Crippen molar-refractivity contribution in [2.75, 3.05) is 0 Å². The van der Waals surface area contributed by atoms with Crippen molar-refractivity contribution in [1.82, 2.24) is 9.55 Å². The van der Waals surface area contributed by atoms with Crippen LogP contribution in [0.5, 0.6) is 0 Å². The first-order valence-electron chi connectivity index (χ1n) is 5.09. The molecule has 0 aliphatic heterocycles. The molecule has 0 saturated heterocycles. The number of nitrogens with zero attached hydrogens (tertiary/aromatic N) is 2. The Bertz CT molecular complexity index is 308. The molecule has 0 bridgehead atoms. The van der Waals surface area contributed by atoms with E-state index in [0.29, 0.717) is 12.6 Å². The van der Waals surface area contributed by atoms with Crippen LogP contribution in [0.15, 0.2) is 12.5 Å². The van der Waals surface area contributed by atoms with Gasteiger partial charge in [0.1, 0.15) is 0 Å². The highest BCUT2D eigenvalue weighted by Gasteiger charge is 2.46. The van der Waals surface area contributed by atoms with Gasteiger partial charge < -0.3 is 10.3 Å². The summed E-state index contributed by atoms with van der Waals surface area (Å²) in [6.45, 7) is 0.617. The summed E-state index contributed by atoms with van der Waals surface area (Å²) in [6.07, 6.45) is 8.02. The zero-order valence-electron chi connectivity index (χ0n) is 7.69. The molecule has 13 heavy (non-hydrogen) atoms. The zero-order chi connectivity index (χ0) is 8.84. The molecular formula is C10H15N3. The Morgan fingerprint density at radius 1 is 1.38 bits per heavy atom. The Hall–Kier alpha value is -0.830. The Kier molecular flexibility index (Phi) is 1.50. The van der Waals surface area contributed by atoms with Gasteiger partial charge in [-0.3, -0.25) is 0 Å². The molecule has 0 radical (unpaired) electrons. The smallest absolute Gasteiger partial charge is 0.0951 e. The standard InChI is InChI=1S/C10H15N3/c11-4-10-5-12-6-13(10)9-2-7-1-8(7)3-9/h5-9H,1-4,11H2. The second kappa shape index (κ2) is 2.58. The minimum atomic E-state index is 0.617. The Balaban J connectivity index is 1.83. The van der Waals surface area contributed by atoms with E-state index in [2.05, 4.69) is 9.55 Å². The number of aromatic nitrogens is 2. The first-order valence-corrected chi connectivity index (χ1v) is 5.09. The van der Waals surface area contributed by atoms with Crippen molar-refractivity contribution in [2.45, 2.75) is 31.8 Å². The van der Waals surface area contributed by atoms with E-state index in [4.69, 9.17) is 5.73 Å². The number of imidazole rings is 1. The number of fused-ring (bicyclic) bond motifs is 1. The van der Waals surface area contributed by atoms with Crippen molar-refractivity contribution in [2.24, 2.45) is 17.6 Å². The van der Waals surface area contributed by atoms with E-state index in [1.165, 1.54) is 25.0 Å². The van der Waals surface area contributed by atoms with Crippen molar-refractivity contribution in [3.05, 3.63) is 18.2 Å². The van der Waals surface area contributed by atoms with Crippen LogP contribution in [0.3, 0.4) is 0 Å². The van der Waals surface area contributed by atoms with Crippen molar-refractivity contribution in [3.63, 3.8) is 0 Å². The molecule has 2 atom stereocenters. The summed E-state index contributed by atoms with van der Waals surface area (Å²) in [5.41, 5.74) is 6.83. The molecule has 70 valence electrons. The van der Waals surface area contributed by atoms with Crippen LogP contribution in [-0.4, -0.2) is 9.55 Å². The van der Waals surface area contributed by atoms with E-state index in [1.807, 2.05) is 12.5 Å². The maximum absolute atomic E-state index is 5.65. The molecule has 3 rings (SSSR count). The third-order valence-electron chi connectivity index (χ3n) is 3.57. The fourth-order valence-corrected chi connectivity index (χ4v) is 2.73. The highest BCUT2D eigenvalue weighted by atomic mass is 15.1. The third kappa shape index (κ3) is 1.10. The van der Waals surface area contributed by atoms with Crippen molar-refractivity contribution < 1.29 is 0 Å². The van der Waals surface area contributed by atoms with Crippen LogP contribution < -0.4 is 5.73 Å². The maximum Gasteiger partial charge on any atom is 0.0951 e. The number of hydrogen-bond donors (Lipinski definition) is 1. The van der Waals surface area contributed by atoms with E-state index < -0.39 is 0 Å². The number of nitrogens with two attached hydrogens (primary N) is 1. The van der Waals surface area contributed by atoms with Gasteiger partial charge in [0.05, 0.1) is 12.0 Å². The lowest BCUT2D eigenvalue weighted by Crippen LogP contribution is -2.12. The summed E-state index contributed by atoms with van der Waals surface area (Å²) in [5, 5.41) is 0. The van der Waals surface area contributed by atoms with Crippen LogP contribution >= 0.6 is 0 Å². The minimum absolute atomic E-state index is 0.617. The molecule has 2 saturated carbocycles. The van der Waals surface area contributed by atoms with Crippen LogP contribution in [0.2, 0.25) is 0 Å². The normalized spacial score (nSPS) is 36.2. The fraction of sp³-hybridized carbons (Fsp3) is 0.700. The quantitative estimate of drug-likeness (QED) is 0.740. The zero-order valence-corrected chi connectivity index (χ0v) is 7.69. The lowest BCUT2D eigenvalue weighted by molar-refractivity contribution is 0.455. The molecule has 2 aliphatic rings. The molecule has 2 N–H and O–H groups in total. The summed E-state index contributed by atoms with van der Waals surface area (Å²) < 4.78 is 2.28. The highest BCUT2D eigenvalue weighted by Crippen LogP contribution is 2.56. The number of rotatable bonds is 2. The van der Waals surface area contributed by atoms with Crippen molar-refractivity contribution in [3.8, 4) is 0 Å². The first-order chi connectivity index (χ1) is 6.38. The molecular weight excluding hydrogens is 162 g/mol. The van der Waals surface area contributed by atoms with Crippen LogP contribution in [0.1, 0.15) is 31.0 Å². The van der Waals surface area contributed by atoms with Gasteiger partial charge in [-0.15, -0.1) is 0 Å². The molecule has 2 aliphatic carbocycles. The SMILES string of the molecule is NCc1cncn1C1CC2CC2C1. The Morgan fingerprint density at radius 3 is 2.85 bits per heavy atom. The largest absolute Gasteiger partial charge is 0.330 e. The molecule has 1 heterocycles. The van der Waals surface area contributed by atoms with Crippen molar-refractivity contribution >= 4 is 0 Å². The highest BCUT2D eigenvalue weighted by molar-refractivity contribution is 5.05. The van der Waals surface area contributed by atoms with E-state index in [-0.39, 0.29) is 0 Å². The predicted octanol–water partition coefficient (Wildman–Crippen LogP) is 1.31. The van der Waals surface area contributed by atoms with Gasteiger partial charge in [-0.2, -0.15) is 0 Å². The average Bonchev–Trinajstić information content (AvgIpc) is 2.67. The molecule has 3 nitrogen and oxygen atoms in total. The summed E-state index contributed by atoms with van der Waals surface area (Å²) >= 11 is 0. The van der Waals surface area contributed by atoms with Crippen LogP contribution in [-0.2, 0) is 6.54 Å². The summed E-state index contributed by atoms with van der Waals surface area (Å²) in [7, 11) is 0. The molecule has 0 amide bonds. The molecule has 0 aromatic carbocycles. The van der Waals surface area contributed by atoms with Gasteiger partial charge in [-0.25, -0.2) is 4.98 Å². The molecule has 1 aromatic heterocycles. The van der Waals surface area contributed by atoms with Gasteiger partial charge in [0, 0.05) is 18.8 Å². The Labute approximate surface area is 78.0 Å². The third-order valence-corrected chi connectivity index (χ3v) is 3.57. The van der Waals surface area contributed by atoms with Gasteiger partial charge in [-0.1, -0.05) is 0 Å². The number of hydrogen-bond acceptors (Lipinski definition) is 2.